The molecule has 2 amide bonds. The van der Waals surface area contributed by atoms with Gasteiger partial charge in [-0.2, -0.15) is 0 Å². The van der Waals surface area contributed by atoms with Gasteiger partial charge < -0.3 is 10.2 Å². The summed E-state index contributed by atoms with van der Waals surface area (Å²) in [6.45, 7) is 17.7. The lowest BCUT2D eigenvalue weighted by molar-refractivity contribution is 0.123. The van der Waals surface area contributed by atoms with Crippen molar-refractivity contribution in [1.82, 2.24) is 4.90 Å². The lowest BCUT2D eigenvalue weighted by atomic mass is 9.93. The number of nitrogens with one attached hydrogen (secondary N) is 1. The number of nitrogens with zero attached hydrogens (tertiary/aromatic N) is 1. The second-order valence-electron chi connectivity index (χ2n) is 8.41. The number of aryl methyl sites for hydroxylation is 2. The third kappa shape index (κ3) is 5.56. The molecule has 0 heterocycles. The van der Waals surface area contributed by atoms with Gasteiger partial charge in [-0.25, -0.2) is 4.79 Å². The standard InChI is InChI=1S/C20H34N2O/c1-9-15-12-11-13-16(10-2)17(15)21-18(23)22(20(6,7)8)14-19(3,4)5/h11-13H,9-10,14H2,1-8H3,(H,21,23). The zero-order valence-corrected chi connectivity index (χ0v) is 16.2. The van der Waals surface area contributed by atoms with Gasteiger partial charge >= 0.3 is 6.03 Å². The first kappa shape index (κ1) is 19.5. The maximum atomic E-state index is 13.0. The predicted molar refractivity (Wildman–Crippen MR) is 100 cm³/mol. The van der Waals surface area contributed by atoms with Crippen molar-refractivity contribution in [1.29, 1.82) is 0 Å². The molecule has 0 fully saturated rings. The van der Waals surface area contributed by atoms with Gasteiger partial charge in [-0.3, -0.25) is 0 Å². The van der Waals surface area contributed by atoms with E-state index in [0.717, 1.165) is 25.1 Å². The van der Waals surface area contributed by atoms with E-state index >= 15 is 0 Å². The van der Waals surface area contributed by atoms with E-state index in [4.69, 9.17) is 0 Å². The molecule has 0 aromatic heterocycles. The molecular formula is C20H34N2O. The summed E-state index contributed by atoms with van der Waals surface area (Å²) in [4.78, 5) is 14.9. The molecular weight excluding hydrogens is 284 g/mol. The van der Waals surface area contributed by atoms with Gasteiger partial charge in [-0.1, -0.05) is 52.8 Å². The van der Waals surface area contributed by atoms with Gasteiger partial charge in [0.15, 0.2) is 0 Å². The number of anilines is 1. The lowest BCUT2D eigenvalue weighted by Crippen LogP contribution is -2.51. The Kier molecular flexibility index (Phi) is 6.26. The highest BCUT2D eigenvalue weighted by molar-refractivity contribution is 5.91. The van der Waals surface area contributed by atoms with E-state index < -0.39 is 0 Å². The maximum Gasteiger partial charge on any atom is 0.322 e. The molecule has 3 nitrogen and oxygen atoms in total. The molecule has 1 aromatic rings. The number of amides is 2. The number of urea groups is 1. The van der Waals surface area contributed by atoms with Crippen molar-refractivity contribution in [3.8, 4) is 0 Å². The molecule has 0 aliphatic carbocycles. The average Bonchev–Trinajstić information content (AvgIpc) is 2.42. The van der Waals surface area contributed by atoms with Crippen molar-refractivity contribution in [2.24, 2.45) is 5.41 Å². The number of benzene rings is 1. The maximum absolute atomic E-state index is 13.0. The summed E-state index contributed by atoms with van der Waals surface area (Å²) in [6, 6.07) is 6.26. The quantitative estimate of drug-likeness (QED) is 0.782. The Labute approximate surface area is 142 Å². The third-order valence-corrected chi connectivity index (χ3v) is 3.92. The first-order valence-electron chi connectivity index (χ1n) is 8.69. The summed E-state index contributed by atoms with van der Waals surface area (Å²) >= 11 is 0. The fourth-order valence-corrected chi connectivity index (χ4v) is 2.67. The lowest BCUT2D eigenvalue weighted by Gasteiger charge is -2.40. The molecule has 0 radical (unpaired) electrons. The van der Waals surface area contributed by atoms with Crippen LogP contribution in [-0.4, -0.2) is 23.0 Å². The Morgan fingerprint density at radius 1 is 1.00 bits per heavy atom. The summed E-state index contributed by atoms with van der Waals surface area (Å²) in [5.74, 6) is 0. The highest BCUT2D eigenvalue weighted by Gasteiger charge is 2.30. The zero-order chi connectivity index (χ0) is 17.8. The van der Waals surface area contributed by atoms with Crippen LogP contribution in [0, 0.1) is 5.41 Å². The first-order valence-corrected chi connectivity index (χ1v) is 8.69. The van der Waals surface area contributed by atoms with Crippen LogP contribution in [0.2, 0.25) is 0 Å². The van der Waals surface area contributed by atoms with Crippen molar-refractivity contribution in [2.45, 2.75) is 73.8 Å². The number of hydrogen-bond donors (Lipinski definition) is 1. The van der Waals surface area contributed by atoms with Gasteiger partial charge in [0.2, 0.25) is 0 Å². The summed E-state index contributed by atoms with van der Waals surface area (Å²) in [5.41, 5.74) is 3.23. The van der Waals surface area contributed by atoms with Gasteiger partial charge in [0, 0.05) is 17.8 Å². The van der Waals surface area contributed by atoms with Crippen LogP contribution in [0.1, 0.15) is 66.5 Å². The Morgan fingerprint density at radius 2 is 1.48 bits per heavy atom. The Morgan fingerprint density at radius 3 is 1.83 bits per heavy atom. The van der Waals surface area contributed by atoms with Crippen LogP contribution in [0.25, 0.3) is 0 Å². The van der Waals surface area contributed by atoms with E-state index in [2.05, 4.69) is 78.9 Å². The minimum Gasteiger partial charge on any atom is -0.319 e. The van der Waals surface area contributed by atoms with Crippen LogP contribution in [0.5, 0.6) is 0 Å². The van der Waals surface area contributed by atoms with Crippen LogP contribution >= 0.6 is 0 Å². The first-order chi connectivity index (χ1) is 10.5. The van der Waals surface area contributed by atoms with Crippen molar-refractivity contribution in [2.75, 3.05) is 11.9 Å². The molecule has 0 bridgehead atoms. The molecule has 1 rings (SSSR count). The molecule has 1 aromatic carbocycles. The van der Waals surface area contributed by atoms with E-state index in [1.807, 2.05) is 4.90 Å². The van der Waals surface area contributed by atoms with E-state index in [-0.39, 0.29) is 17.0 Å². The summed E-state index contributed by atoms with van der Waals surface area (Å²) in [6.07, 6.45) is 1.83. The number of para-hydroxylation sites is 1. The monoisotopic (exact) mass is 318 g/mol. The summed E-state index contributed by atoms with van der Waals surface area (Å²) in [5, 5.41) is 3.20. The largest absolute Gasteiger partial charge is 0.322 e. The fourth-order valence-electron chi connectivity index (χ4n) is 2.67. The molecule has 3 heteroatoms. The van der Waals surface area contributed by atoms with E-state index in [1.165, 1.54) is 11.1 Å². The Bertz CT molecular complexity index is 513. The van der Waals surface area contributed by atoms with Crippen LogP contribution < -0.4 is 5.32 Å². The molecule has 0 spiro atoms. The van der Waals surface area contributed by atoms with Gasteiger partial charge in [-0.15, -0.1) is 0 Å². The van der Waals surface area contributed by atoms with Crippen molar-refractivity contribution in [3.05, 3.63) is 29.3 Å². The molecule has 23 heavy (non-hydrogen) atoms. The van der Waals surface area contributed by atoms with Gasteiger partial charge in [0.1, 0.15) is 0 Å². The van der Waals surface area contributed by atoms with Crippen molar-refractivity contribution >= 4 is 11.7 Å². The van der Waals surface area contributed by atoms with Crippen LogP contribution in [0.4, 0.5) is 10.5 Å². The van der Waals surface area contributed by atoms with E-state index in [1.54, 1.807) is 0 Å². The molecule has 0 unspecified atom stereocenters. The van der Waals surface area contributed by atoms with E-state index in [9.17, 15) is 4.79 Å². The second-order valence-corrected chi connectivity index (χ2v) is 8.41. The molecule has 0 saturated carbocycles. The molecule has 130 valence electrons. The van der Waals surface area contributed by atoms with Crippen LogP contribution in [0.15, 0.2) is 18.2 Å². The number of hydrogen-bond acceptors (Lipinski definition) is 1. The average molecular weight is 319 g/mol. The minimum absolute atomic E-state index is 0.0111. The smallest absolute Gasteiger partial charge is 0.319 e. The normalized spacial score (nSPS) is 12.2. The van der Waals surface area contributed by atoms with Crippen LogP contribution in [0.3, 0.4) is 0 Å². The minimum atomic E-state index is -0.217. The number of carbonyl (C=O) groups excluding carboxylic acids is 1. The number of rotatable bonds is 4. The van der Waals surface area contributed by atoms with Crippen molar-refractivity contribution < 1.29 is 4.79 Å². The van der Waals surface area contributed by atoms with Gasteiger partial charge in [0.05, 0.1) is 0 Å². The SMILES string of the molecule is CCc1cccc(CC)c1NC(=O)N(CC(C)(C)C)C(C)(C)C. The molecule has 0 aliphatic rings. The van der Waals surface area contributed by atoms with Crippen molar-refractivity contribution in [3.63, 3.8) is 0 Å². The second kappa shape index (κ2) is 7.37. The topological polar surface area (TPSA) is 32.3 Å². The Hall–Kier alpha value is -1.51. The zero-order valence-electron chi connectivity index (χ0n) is 16.2. The molecule has 0 aliphatic heterocycles. The Balaban J connectivity index is 3.13. The summed E-state index contributed by atoms with van der Waals surface area (Å²) in [7, 11) is 0. The molecule has 0 atom stereocenters. The number of carbonyl (C=O) groups is 1. The summed E-state index contributed by atoms with van der Waals surface area (Å²) < 4.78 is 0. The van der Waals surface area contributed by atoms with Crippen LogP contribution in [-0.2, 0) is 12.8 Å². The highest BCUT2D eigenvalue weighted by Crippen LogP contribution is 2.26. The third-order valence-electron chi connectivity index (χ3n) is 3.92. The fraction of sp³-hybridized carbons (Fsp3) is 0.650. The molecule has 0 saturated heterocycles. The van der Waals surface area contributed by atoms with E-state index in [0.29, 0.717) is 0 Å². The van der Waals surface area contributed by atoms with Gasteiger partial charge in [-0.05, 0) is 50.2 Å². The highest BCUT2D eigenvalue weighted by atomic mass is 16.2. The predicted octanol–water partition coefficient (Wildman–Crippen LogP) is 5.49. The van der Waals surface area contributed by atoms with Gasteiger partial charge in [0.25, 0.3) is 0 Å². The molecule has 1 N–H and O–H groups in total.